The molecule has 1 N–H and O–H groups in total. The molecule has 0 atom stereocenters. The highest BCUT2D eigenvalue weighted by atomic mass is 16.5. The number of hydrogen-bond donors (Lipinski definition) is 1. The Balaban J connectivity index is 1.48. The van der Waals surface area contributed by atoms with Crippen molar-refractivity contribution < 1.29 is 4.74 Å². The Morgan fingerprint density at radius 2 is 1.69 bits per heavy atom. The lowest BCUT2D eigenvalue weighted by Crippen LogP contribution is -2.25. The first kappa shape index (κ1) is 23.3. The number of unbranched alkanes of at least 4 members (excludes halogenated alkanes) is 1. The van der Waals surface area contributed by atoms with E-state index in [-0.39, 0.29) is 5.69 Å². The second-order valence-corrected chi connectivity index (χ2v) is 8.63. The predicted molar refractivity (Wildman–Crippen MR) is 139 cm³/mol. The molecule has 2 aromatic heterocycles. The average Bonchev–Trinajstić information content (AvgIpc) is 3.57. The van der Waals surface area contributed by atoms with Crippen LogP contribution in [0.1, 0.15) is 31.0 Å². The second-order valence-electron chi connectivity index (χ2n) is 8.63. The number of tetrazole rings is 1. The smallest absolute Gasteiger partial charge is 0.333 e. The van der Waals surface area contributed by atoms with E-state index in [4.69, 9.17) is 4.74 Å². The molecule has 8 heteroatoms. The van der Waals surface area contributed by atoms with Crippen molar-refractivity contribution in [3.63, 3.8) is 0 Å². The molecule has 182 valence electrons. The Labute approximate surface area is 209 Å². The van der Waals surface area contributed by atoms with Crippen LogP contribution in [-0.2, 0) is 13.0 Å². The number of nitrogens with one attached hydrogen (secondary N) is 1. The predicted octanol–water partition coefficient (Wildman–Crippen LogP) is 4.89. The zero-order valence-electron chi connectivity index (χ0n) is 20.4. The van der Waals surface area contributed by atoms with Gasteiger partial charge in [-0.1, -0.05) is 74.0 Å². The van der Waals surface area contributed by atoms with E-state index in [1.165, 1.54) is 0 Å². The lowest BCUT2D eigenvalue weighted by molar-refractivity contribution is 0.412. The second kappa shape index (κ2) is 10.4. The van der Waals surface area contributed by atoms with E-state index in [0.29, 0.717) is 18.1 Å². The molecule has 0 aliphatic rings. The van der Waals surface area contributed by atoms with Crippen LogP contribution < -0.4 is 10.4 Å². The number of benzene rings is 3. The van der Waals surface area contributed by atoms with E-state index in [9.17, 15) is 4.79 Å². The topological polar surface area (TPSA) is 90.6 Å². The molecule has 3 aromatic carbocycles. The molecule has 5 rings (SSSR count). The van der Waals surface area contributed by atoms with E-state index >= 15 is 0 Å². The summed E-state index contributed by atoms with van der Waals surface area (Å²) in [5.41, 5.74) is 5.76. The number of imidazole rings is 1. The highest BCUT2D eigenvalue weighted by molar-refractivity contribution is 5.80. The Morgan fingerprint density at radius 3 is 2.42 bits per heavy atom. The SMILES string of the molecule is CCCCc1cn(-c2ccccc2OC)c(=O)n1Cc1ccc(-c2ccccc2-c2nnn[nH]2)cc1. The summed E-state index contributed by atoms with van der Waals surface area (Å²) in [5.74, 6) is 1.29. The Hall–Kier alpha value is -4.46. The van der Waals surface area contributed by atoms with E-state index in [1.807, 2.05) is 59.3 Å². The number of aryl methyl sites for hydroxylation is 1. The molecule has 0 radical (unpaired) electrons. The van der Waals surface area contributed by atoms with Gasteiger partial charge in [-0.05, 0) is 52.1 Å². The molecular weight excluding hydrogens is 452 g/mol. The van der Waals surface area contributed by atoms with Crippen molar-refractivity contribution in [1.82, 2.24) is 29.8 Å². The third-order valence-electron chi connectivity index (χ3n) is 6.33. The summed E-state index contributed by atoms with van der Waals surface area (Å²) in [7, 11) is 1.62. The van der Waals surface area contributed by atoms with Gasteiger partial charge in [0.2, 0.25) is 0 Å². The fourth-order valence-electron chi connectivity index (χ4n) is 4.44. The molecule has 0 aliphatic carbocycles. The van der Waals surface area contributed by atoms with Gasteiger partial charge in [0.05, 0.1) is 19.3 Å². The molecule has 2 heterocycles. The lowest BCUT2D eigenvalue weighted by Gasteiger charge is -2.10. The highest BCUT2D eigenvalue weighted by Gasteiger charge is 2.16. The van der Waals surface area contributed by atoms with Crippen molar-refractivity contribution in [2.75, 3.05) is 7.11 Å². The molecule has 36 heavy (non-hydrogen) atoms. The van der Waals surface area contributed by atoms with Crippen molar-refractivity contribution in [2.24, 2.45) is 0 Å². The minimum absolute atomic E-state index is 0.0714. The third kappa shape index (κ3) is 4.57. The number of aromatic nitrogens is 6. The first-order valence-corrected chi connectivity index (χ1v) is 12.1. The van der Waals surface area contributed by atoms with Crippen LogP contribution in [-0.4, -0.2) is 36.9 Å². The summed E-state index contributed by atoms with van der Waals surface area (Å²) in [6, 6.07) is 23.9. The minimum Gasteiger partial charge on any atom is -0.495 e. The van der Waals surface area contributed by atoms with Crippen molar-refractivity contribution in [1.29, 1.82) is 0 Å². The van der Waals surface area contributed by atoms with Gasteiger partial charge >= 0.3 is 5.69 Å². The van der Waals surface area contributed by atoms with Crippen molar-refractivity contribution in [3.05, 3.63) is 101 Å². The highest BCUT2D eigenvalue weighted by Crippen LogP contribution is 2.30. The monoisotopic (exact) mass is 480 g/mol. The maximum Gasteiger partial charge on any atom is 0.333 e. The Kier molecular flexibility index (Phi) is 6.75. The Bertz CT molecular complexity index is 1500. The van der Waals surface area contributed by atoms with Crippen molar-refractivity contribution in [2.45, 2.75) is 32.7 Å². The number of nitrogens with zero attached hydrogens (tertiary/aromatic N) is 5. The molecule has 0 fully saturated rings. The number of ether oxygens (including phenoxy) is 1. The van der Waals surface area contributed by atoms with E-state index in [1.54, 1.807) is 11.7 Å². The molecule has 0 saturated carbocycles. The lowest BCUT2D eigenvalue weighted by atomic mass is 9.98. The fraction of sp³-hybridized carbons (Fsp3) is 0.214. The van der Waals surface area contributed by atoms with Gasteiger partial charge in [0, 0.05) is 17.5 Å². The van der Waals surface area contributed by atoms with Crippen LogP contribution in [0.2, 0.25) is 0 Å². The third-order valence-corrected chi connectivity index (χ3v) is 6.33. The number of H-pyrrole nitrogens is 1. The van der Waals surface area contributed by atoms with E-state index in [2.05, 4.69) is 51.8 Å². The molecule has 0 aliphatic heterocycles. The van der Waals surface area contributed by atoms with Crippen molar-refractivity contribution in [3.8, 4) is 34.0 Å². The zero-order chi connectivity index (χ0) is 24.9. The van der Waals surface area contributed by atoms with Crippen LogP contribution >= 0.6 is 0 Å². The van der Waals surface area contributed by atoms with Crippen LogP contribution in [0, 0.1) is 0 Å². The normalized spacial score (nSPS) is 11.1. The number of rotatable bonds is 9. The molecule has 0 amide bonds. The molecule has 0 unspecified atom stereocenters. The van der Waals surface area contributed by atoms with Crippen molar-refractivity contribution >= 4 is 0 Å². The van der Waals surface area contributed by atoms with Gasteiger partial charge in [0.25, 0.3) is 0 Å². The number of methoxy groups -OCH3 is 1. The van der Waals surface area contributed by atoms with Gasteiger partial charge in [-0.3, -0.25) is 9.13 Å². The van der Waals surface area contributed by atoms with Gasteiger partial charge in [0.1, 0.15) is 5.75 Å². The summed E-state index contributed by atoms with van der Waals surface area (Å²) < 4.78 is 9.07. The first-order chi connectivity index (χ1) is 17.7. The quantitative estimate of drug-likeness (QED) is 0.325. The Morgan fingerprint density at radius 1 is 0.944 bits per heavy atom. The summed E-state index contributed by atoms with van der Waals surface area (Å²) in [5, 5.41) is 14.3. The number of para-hydroxylation sites is 2. The minimum atomic E-state index is -0.0714. The first-order valence-electron chi connectivity index (χ1n) is 12.1. The zero-order valence-corrected chi connectivity index (χ0v) is 20.4. The average molecular weight is 481 g/mol. The molecular formula is C28H28N6O2. The number of hydrogen-bond acceptors (Lipinski definition) is 5. The van der Waals surface area contributed by atoms with Gasteiger partial charge in [-0.2, -0.15) is 0 Å². The van der Waals surface area contributed by atoms with Gasteiger partial charge < -0.3 is 4.74 Å². The van der Waals surface area contributed by atoms with E-state index in [0.717, 1.165) is 52.9 Å². The molecule has 0 bridgehead atoms. The molecule has 5 aromatic rings. The maximum absolute atomic E-state index is 13.5. The largest absolute Gasteiger partial charge is 0.495 e. The molecule has 0 saturated heterocycles. The summed E-state index contributed by atoms with van der Waals surface area (Å²) >= 11 is 0. The van der Waals surface area contributed by atoms with Gasteiger partial charge in [-0.25, -0.2) is 9.89 Å². The molecule has 8 nitrogen and oxygen atoms in total. The standard InChI is InChI=1S/C28H28N6O2/c1-3-4-9-22-19-34(25-12-7-8-13-26(25)36-2)28(35)33(22)18-20-14-16-21(17-15-20)23-10-5-6-11-24(23)27-29-31-32-30-27/h5-8,10-17,19H,3-4,9,18H2,1-2H3,(H,29,30,31,32). The molecule has 0 spiro atoms. The summed E-state index contributed by atoms with van der Waals surface area (Å²) in [6.45, 7) is 2.65. The van der Waals surface area contributed by atoms with Crippen LogP contribution in [0.5, 0.6) is 5.75 Å². The maximum atomic E-state index is 13.5. The van der Waals surface area contributed by atoms with Gasteiger partial charge in [0.15, 0.2) is 5.82 Å². The number of aromatic amines is 1. The van der Waals surface area contributed by atoms with Gasteiger partial charge in [-0.15, -0.1) is 5.10 Å². The van der Waals surface area contributed by atoms with Crippen LogP contribution in [0.3, 0.4) is 0 Å². The fourth-order valence-corrected chi connectivity index (χ4v) is 4.44. The summed E-state index contributed by atoms with van der Waals surface area (Å²) in [4.78, 5) is 13.5. The van der Waals surface area contributed by atoms with Crippen LogP contribution in [0.4, 0.5) is 0 Å². The van der Waals surface area contributed by atoms with Crippen LogP contribution in [0.15, 0.2) is 83.8 Å². The summed E-state index contributed by atoms with van der Waals surface area (Å²) in [6.07, 6.45) is 4.86. The van der Waals surface area contributed by atoms with Crippen LogP contribution in [0.25, 0.3) is 28.2 Å². The van der Waals surface area contributed by atoms with E-state index < -0.39 is 0 Å².